The summed E-state index contributed by atoms with van der Waals surface area (Å²) in [4.78, 5) is 11.6. The van der Waals surface area contributed by atoms with Crippen molar-refractivity contribution >= 4 is 15.8 Å². The predicted octanol–water partition coefficient (Wildman–Crippen LogP) is 4.55. The molecule has 0 amide bonds. The molecule has 0 bridgehead atoms. The molecule has 0 unspecified atom stereocenters. The molecule has 0 heterocycles. The third kappa shape index (κ3) is 7.06. The Morgan fingerprint density at radius 1 is 1.19 bits per heavy atom. The van der Waals surface area contributed by atoms with Crippen molar-refractivity contribution in [3.8, 4) is 0 Å². The zero-order chi connectivity index (χ0) is 23.3. The summed E-state index contributed by atoms with van der Waals surface area (Å²) < 4.78 is 29.9. The van der Waals surface area contributed by atoms with Crippen LogP contribution in [0.15, 0.2) is 76.4 Å². The fraction of sp³-hybridized carbons (Fsp3) is 0.440. The molecule has 5 nitrogen and oxygen atoms in total. The van der Waals surface area contributed by atoms with Crippen LogP contribution >= 0.6 is 0 Å². The number of allylic oxidation sites excluding steroid dienone is 3. The van der Waals surface area contributed by atoms with Gasteiger partial charge in [-0.25, -0.2) is 8.42 Å². The zero-order valence-electron chi connectivity index (χ0n) is 18.9. The van der Waals surface area contributed by atoms with E-state index in [-0.39, 0.29) is 17.8 Å². The van der Waals surface area contributed by atoms with Crippen LogP contribution in [0.25, 0.3) is 0 Å². The summed E-state index contributed by atoms with van der Waals surface area (Å²) >= 11 is 0. The molecule has 1 aliphatic carbocycles. The Labute approximate surface area is 185 Å². The monoisotopic (exact) mass is 444 g/mol. The van der Waals surface area contributed by atoms with Gasteiger partial charge in [0.05, 0.1) is 16.2 Å². The minimum atomic E-state index is -3.35. The zero-order valence-corrected chi connectivity index (χ0v) is 19.7. The second-order valence-electron chi connectivity index (χ2n) is 8.89. The van der Waals surface area contributed by atoms with Crippen molar-refractivity contribution in [2.24, 2.45) is 5.41 Å². The molecule has 2 rings (SSSR count). The van der Waals surface area contributed by atoms with Crippen LogP contribution in [0.1, 0.15) is 47.5 Å². The van der Waals surface area contributed by atoms with Crippen LogP contribution in [-0.2, 0) is 19.4 Å². The lowest BCUT2D eigenvalue weighted by atomic mass is 9.65. The Kier molecular flexibility index (Phi) is 7.87. The summed E-state index contributed by atoms with van der Waals surface area (Å²) in [5, 5.41) is 11.0. The van der Waals surface area contributed by atoms with Gasteiger partial charge in [0, 0.05) is 18.9 Å². The topological polar surface area (TPSA) is 80.7 Å². The summed E-state index contributed by atoms with van der Waals surface area (Å²) in [6.07, 6.45) is 7.51. The Morgan fingerprint density at radius 2 is 1.84 bits per heavy atom. The second kappa shape index (κ2) is 9.82. The molecule has 31 heavy (non-hydrogen) atoms. The van der Waals surface area contributed by atoms with E-state index in [1.807, 2.05) is 20.8 Å². The Bertz CT molecular complexity index is 1000. The van der Waals surface area contributed by atoms with E-state index in [0.29, 0.717) is 17.7 Å². The Morgan fingerprint density at radius 3 is 2.42 bits per heavy atom. The maximum Gasteiger partial charge on any atom is 0.302 e. The van der Waals surface area contributed by atoms with Gasteiger partial charge in [0.2, 0.25) is 0 Å². The number of sulfone groups is 1. The average molecular weight is 445 g/mol. The first-order valence-corrected chi connectivity index (χ1v) is 12.0. The van der Waals surface area contributed by atoms with Gasteiger partial charge in [-0.15, -0.1) is 5.73 Å². The number of benzene rings is 1. The fourth-order valence-electron chi connectivity index (χ4n) is 4.05. The minimum absolute atomic E-state index is 0.0785. The molecule has 168 valence electrons. The summed E-state index contributed by atoms with van der Waals surface area (Å²) in [6.45, 7) is 8.98. The van der Waals surface area contributed by atoms with Crippen LogP contribution in [0.2, 0.25) is 0 Å². The van der Waals surface area contributed by atoms with Crippen LogP contribution in [-0.4, -0.2) is 37.0 Å². The van der Waals surface area contributed by atoms with Gasteiger partial charge in [0.25, 0.3) is 0 Å². The highest BCUT2D eigenvalue weighted by Crippen LogP contribution is 2.46. The first kappa shape index (κ1) is 24.9. The number of hydrogen-bond donors (Lipinski definition) is 1. The molecule has 1 aromatic rings. The molecule has 0 aliphatic heterocycles. The van der Waals surface area contributed by atoms with Gasteiger partial charge in [-0.1, -0.05) is 50.3 Å². The number of carbonyl (C=O) groups excluding carboxylic acids is 1. The molecule has 1 fully saturated rings. The number of carbonyl (C=O) groups is 1. The first-order chi connectivity index (χ1) is 14.3. The molecular weight excluding hydrogens is 412 g/mol. The standard InChI is InChI=1S/C25H32O5S/c1-19(11-9-10-16-31(28,29)22-12-7-6-8-13-22)14-15-23-24(3,4)17-21(30-20(2)26)18-25(23,5)27/h6-14,21,27H,16-18H2,1-5H3/b10-9+,19-11+/t15?,21-,25+/m0/s1. The maximum atomic E-state index is 12.3. The highest BCUT2D eigenvalue weighted by molar-refractivity contribution is 7.91. The molecular formula is C25H32O5S. The maximum absolute atomic E-state index is 12.3. The van der Waals surface area contributed by atoms with E-state index < -0.39 is 20.9 Å². The highest BCUT2D eigenvalue weighted by atomic mass is 32.2. The quantitative estimate of drug-likeness (QED) is 0.396. The van der Waals surface area contributed by atoms with Crippen molar-refractivity contribution in [2.75, 3.05) is 5.75 Å². The smallest absolute Gasteiger partial charge is 0.302 e. The van der Waals surface area contributed by atoms with Gasteiger partial charge in [-0.2, -0.15) is 0 Å². The lowest BCUT2D eigenvalue weighted by Crippen LogP contribution is -2.46. The Balaban J connectivity index is 2.14. The van der Waals surface area contributed by atoms with Crippen LogP contribution in [0.3, 0.4) is 0 Å². The van der Waals surface area contributed by atoms with E-state index in [4.69, 9.17) is 4.74 Å². The predicted molar refractivity (Wildman–Crippen MR) is 122 cm³/mol. The normalized spacial score (nSPS) is 24.0. The minimum Gasteiger partial charge on any atom is -0.462 e. The molecule has 6 heteroatoms. The summed E-state index contributed by atoms with van der Waals surface area (Å²) in [5.41, 5.74) is 3.33. The van der Waals surface area contributed by atoms with Crippen molar-refractivity contribution in [1.82, 2.24) is 0 Å². The van der Waals surface area contributed by atoms with E-state index in [1.54, 1.807) is 61.6 Å². The van der Waals surface area contributed by atoms with Gasteiger partial charge in [0.1, 0.15) is 6.10 Å². The van der Waals surface area contributed by atoms with Gasteiger partial charge in [-0.05, 0) is 49.5 Å². The molecule has 1 aliphatic rings. The van der Waals surface area contributed by atoms with Crippen molar-refractivity contribution in [1.29, 1.82) is 0 Å². The van der Waals surface area contributed by atoms with E-state index in [0.717, 1.165) is 11.1 Å². The van der Waals surface area contributed by atoms with Gasteiger partial charge < -0.3 is 9.84 Å². The number of aliphatic hydroxyl groups is 1. The fourth-order valence-corrected chi connectivity index (χ4v) is 5.18. The van der Waals surface area contributed by atoms with Crippen LogP contribution in [0.5, 0.6) is 0 Å². The van der Waals surface area contributed by atoms with E-state index >= 15 is 0 Å². The van der Waals surface area contributed by atoms with Crippen molar-refractivity contribution in [3.05, 3.63) is 71.5 Å². The Hall–Kier alpha value is -2.40. The van der Waals surface area contributed by atoms with E-state index in [9.17, 15) is 18.3 Å². The van der Waals surface area contributed by atoms with Gasteiger partial charge >= 0.3 is 5.97 Å². The first-order valence-electron chi connectivity index (χ1n) is 10.3. The number of esters is 1. The van der Waals surface area contributed by atoms with Crippen LogP contribution < -0.4 is 0 Å². The summed E-state index contributed by atoms with van der Waals surface area (Å²) in [5.74, 6) is -0.426. The SMILES string of the molecule is CC(=O)O[C@H]1CC(C)(C)C(=C=C/C(C)=C/C=C/CS(=O)(=O)c2ccccc2)[C@](C)(O)C1. The summed E-state index contributed by atoms with van der Waals surface area (Å²) in [7, 11) is -3.35. The lowest BCUT2D eigenvalue weighted by molar-refractivity contribution is -0.152. The van der Waals surface area contributed by atoms with Crippen molar-refractivity contribution in [3.63, 3.8) is 0 Å². The molecule has 0 radical (unpaired) electrons. The molecule has 1 N–H and O–H groups in total. The third-order valence-electron chi connectivity index (χ3n) is 5.27. The molecule has 1 aromatic carbocycles. The van der Waals surface area contributed by atoms with Gasteiger partial charge in [0.15, 0.2) is 9.84 Å². The number of ether oxygens (including phenoxy) is 1. The largest absolute Gasteiger partial charge is 0.462 e. The highest BCUT2D eigenvalue weighted by Gasteiger charge is 2.46. The van der Waals surface area contributed by atoms with Gasteiger partial charge in [-0.3, -0.25) is 4.79 Å². The van der Waals surface area contributed by atoms with Crippen molar-refractivity contribution in [2.45, 2.75) is 64.1 Å². The number of hydrogen-bond acceptors (Lipinski definition) is 5. The molecule has 0 saturated heterocycles. The lowest BCUT2D eigenvalue weighted by Gasteiger charge is -2.44. The molecule has 0 spiro atoms. The second-order valence-corrected chi connectivity index (χ2v) is 10.9. The van der Waals surface area contributed by atoms with E-state index in [1.165, 1.54) is 6.92 Å². The average Bonchev–Trinajstić information content (AvgIpc) is 2.63. The third-order valence-corrected chi connectivity index (χ3v) is 6.89. The molecule has 1 saturated carbocycles. The van der Waals surface area contributed by atoms with E-state index in [2.05, 4.69) is 5.73 Å². The van der Waals surface area contributed by atoms with Crippen LogP contribution in [0, 0.1) is 5.41 Å². The molecule has 2 atom stereocenters. The summed E-state index contributed by atoms with van der Waals surface area (Å²) in [6, 6.07) is 8.36. The number of rotatable bonds is 6. The molecule has 0 aromatic heterocycles. The van der Waals surface area contributed by atoms with Crippen LogP contribution in [0.4, 0.5) is 0 Å². The van der Waals surface area contributed by atoms with Crippen molar-refractivity contribution < 1.29 is 23.1 Å².